The number of ether oxygens (including phenoxy) is 1. The van der Waals surface area contributed by atoms with Crippen LogP contribution in [0.3, 0.4) is 0 Å². The van der Waals surface area contributed by atoms with E-state index in [9.17, 15) is 19.2 Å². The average Bonchev–Trinajstić information content (AvgIpc) is 2.99. The molecule has 2 amide bonds. The first-order valence-corrected chi connectivity index (χ1v) is 9.51. The molecule has 0 saturated carbocycles. The van der Waals surface area contributed by atoms with Crippen molar-refractivity contribution in [1.82, 2.24) is 0 Å². The van der Waals surface area contributed by atoms with E-state index < -0.39 is 18.4 Å². The van der Waals surface area contributed by atoms with E-state index in [1.54, 1.807) is 6.07 Å². The van der Waals surface area contributed by atoms with Gasteiger partial charge in [0.25, 0.3) is 0 Å². The molecular weight excluding hydrogens is 380 g/mol. The second kappa shape index (κ2) is 9.27. The highest BCUT2D eigenvalue weighted by Gasteiger charge is 2.18. The summed E-state index contributed by atoms with van der Waals surface area (Å²) in [6, 6.07) is 6.24. The highest BCUT2D eigenvalue weighted by atomic mass is 32.1. The molecule has 7 nitrogen and oxygen atoms in total. The molecule has 0 bridgehead atoms. The summed E-state index contributed by atoms with van der Waals surface area (Å²) in [4.78, 5) is 48.9. The van der Waals surface area contributed by atoms with Crippen molar-refractivity contribution >= 4 is 46.3 Å². The Bertz CT molecular complexity index is 933. The highest BCUT2D eigenvalue weighted by molar-refractivity contribution is 7.14. The predicted molar refractivity (Wildman–Crippen MR) is 108 cm³/mol. The first-order valence-electron chi connectivity index (χ1n) is 8.70. The molecule has 0 spiro atoms. The zero-order valence-electron chi connectivity index (χ0n) is 16.2. The zero-order chi connectivity index (χ0) is 20.8. The number of esters is 1. The van der Waals surface area contributed by atoms with Gasteiger partial charge in [-0.2, -0.15) is 0 Å². The lowest BCUT2D eigenvalue weighted by Gasteiger charge is -2.12. The van der Waals surface area contributed by atoms with E-state index in [0.29, 0.717) is 10.6 Å². The van der Waals surface area contributed by atoms with Crippen molar-refractivity contribution in [2.24, 2.45) is 0 Å². The third-order valence-corrected chi connectivity index (χ3v) is 5.19. The minimum absolute atomic E-state index is 0.189. The molecule has 148 valence electrons. The van der Waals surface area contributed by atoms with Crippen LogP contribution in [0.5, 0.6) is 0 Å². The summed E-state index contributed by atoms with van der Waals surface area (Å²) < 4.78 is 5.15. The lowest BCUT2D eigenvalue weighted by Crippen LogP contribution is -2.17. The van der Waals surface area contributed by atoms with Gasteiger partial charge in [0.15, 0.2) is 6.61 Å². The maximum Gasteiger partial charge on any atom is 0.348 e. The van der Waals surface area contributed by atoms with Crippen molar-refractivity contribution in [3.05, 3.63) is 45.1 Å². The van der Waals surface area contributed by atoms with Crippen LogP contribution in [0.2, 0.25) is 0 Å². The van der Waals surface area contributed by atoms with E-state index in [0.717, 1.165) is 16.9 Å². The van der Waals surface area contributed by atoms with Crippen LogP contribution in [0.4, 0.5) is 11.4 Å². The van der Waals surface area contributed by atoms with Gasteiger partial charge in [0.2, 0.25) is 17.6 Å². The van der Waals surface area contributed by atoms with E-state index in [-0.39, 0.29) is 23.1 Å². The second-order valence-electron chi connectivity index (χ2n) is 6.19. The summed E-state index contributed by atoms with van der Waals surface area (Å²) in [6.07, 6.45) is 0.823. The monoisotopic (exact) mass is 402 g/mol. The minimum Gasteiger partial charge on any atom is -0.453 e. The Morgan fingerprint density at radius 1 is 1.04 bits per heavy atom. The van der Waals surface area contributed by atoms with Gasteiger partial charge in [-0.25, -0.2) is 4.79 Å². The standard InChI is InChI=1S/C20H22N2O5S/c1-5-18-11(2)8-19(28-18)20(26)27-10-17(25)15-7-6-14(21-12(3)23)9-16(15)22-13(4)24/h6-9H,5,10H2,1-4H3,(H,21,23)(H,22,24). The summed E-state index contributed by atoms with van der Waals surface area (Å²) in [5.41, 5.74) is 1.88. The van der Waals surface area contributed by atoms with Gasteiger partial charge >= 0.3 is 5.97 Å². The van der Waals surface area contributed by atoms with Gasteiger partial charge in [0.05, 0.1) is 5.69 Å². The number of carbonyl (C=O) groups excluding carboxylic acids is 4. The van der Waals surface area contributed by atoms with Gasteiger partial charge < -0.3 is 15.4 Å². The quantitative estimate of drug-likeness (QED) is 0.544. The molecule has 8 heteroatoms. The van der Waals surface area contributed by atoms with Gasteiger partial charge in [-0.15, -0.1) is 11.3 Å². The maximum absolute atomic E-state index is 12.5. The fourth-order valence-corrected chi connectivity index (χ4v) is 3.62. The van der Waals surface area contributed by atoms with Gasteiger partial charge in [-0.05, 0) is 43.2 Å². The van der Waals surface area contributed by atoms with Crippen LogP contribution in [0.25, 0.3) is 0 Å². The second-order valence-corrected chi connectivity index (χ2v) is 7.33. The molecular formula is C20H22N2O5S. The Kier molecular flexibility index (Phi) is 7.06. The van der Waals surface area contributed by atoms with Crippen LogP contribution in [-0.4, -0.2) is 30.2 Å². The van der Waals surface area contributed by atoms with Crippen molar-refractivity contribution in [1.29, 1.82) is 0 Å². The number of anilines is 2. The number of thiophene rings is 1. The van der Waals surface area contributed by atoms with Crippen LogP contribution in [0.1, 0.15) is 51.2 Å². The lowest BCUT2D eigenvalue weighted by molar-refractivity contribution is -0.115. The van der Waals surface area contributed by atoms with Crippen LogP contribution >= 0.6 is 11.3 Å². The van der Waals surface area contributed by atoms with Crippen LogP contribution in [0, 0.1) is 6.92 Å². The maximum atomic E-state index is 12.5. The largest absolute Gasteiger partial charge is 0.453 e. The molecule has 0 unspecified atom stereocenters. The summed E-state index contributed by atoms with van der Waals surface area (Å²) in [6.45, 7) is 6.14. The van der Waals surface area contributed by atoms with E-state index >= 15 is 0 Å². The van der Waals surface area contributed by atoms with Crippen molar-refractivity contribution in [3.63, 3.8) is 0 Å². The number of rotatable bonds is 7. The highest BCUT2D eigenvalue weighted by Crippen LogP contribution is 2.24. The molecule has 0 radical (unpaired) electrons. The van der Waals surface area contributed by atoms with E-state index in [1.807, 2.05) is 13.8 Å². The molecule has 2 aromatic rings. The zero-order valence-corrected chi connectivity index (χ0v) is 17.0. The van der Waals surface area contributed by atoms with Gasteiger partial charge in [-0.1, -0.05) is 6.92 Å². The molecule has 0 saturated heterocycles. The summed E-state index contributed by atoms with van der Waals surface area (Å²) in [7, 11) is 0. The summed E-state index contributed by atoms with van der Waals surface area (Å²) in [5, 5.41) is 5.14. The van der Waals surface area contributed by atoms with Crippen molar-refractivity contribution < 1.29 is 23.9 Å². The molecule has 2 rings (SSSR count). The Morgan fingerprint density at radius 2 is 1.71 bits per heavy atom. The smallest absolute Gasteiger partial charge is 0.348 e. The number of nitrogens with one attached hydrogen (secondary N) is 2. The normalized spacial score (nSPS) is 10.3. The van der Waals surface area contributed by atoms with Crippen LogP contribution in [-0.2, 0) is 20.7 Å². The lowest BCUT2D eigenvalue weighted by atomic mass is 10.1. The molecule has 1 aromatic heterocycles. The molecule has 0 aliphatic carbocycles. The van der Waals surface area contributed by atoms with E-state index in [4.69, 9.17) is 4.74 Å². The molecule has 0 aliphatic rings. The Labute approximate surface area is 167 Å². The summed E-state index contributed by atoms with van der Waals surface area (Å²) in [5.74, 6) is -1.67. The minimum atomic E-state index is -0.558. The van der Waals surface area contributed by atoms with E-state index in [1.165, 1.54) is 43.4 Å². The third-order valence-electron chi connectivity index (χ3n) is 3.83. The van der Waals surface area contributed by atoms with Crippen LogP contribution in [0.15, 0.2) is 24.3 Å². The Balaban J connectivity index is 2.14. The summed E-state index contributed by atoms with van der Waals surface area (Å²) >= 11 is 1.35. The number of aryl methyl sites for hydroxylation is 2. The van der Waals surface area contributed by atoms with Crippen molar-refractivity contribution in [2.75, 3.05) is 17.2 Å². The van der Waals surface area contributed by atoms with E-state index in [2.05, 4.69) is 10.6 Å². The third kappa shape index (κ3) is 5.50. The van der Waals surface area contributed by atoms with Crippen molar-refractivity contribution in [2.45, 2.75) is 34.1 Å². The number of hydrogen-bond acceptors (Lipinski definition) is 6. The van der Waals surface area contributed by atoms with Crippen molar-refractivity contribution in [3.8, 4) is 0 Å². The molecule has 0 fully saturated rings. The number of ketones is 1. The van der Waals surface area contributed by atoms with Gasteiger partial charge in [0, 0.05) is 30.0 Å². The Hall–Kier alpha value is -3.00. The molecule has 2 N–H and O–H groups in total. The molecule has 1 aromatic carbocycles. The fraction of sp³-hybridized carbons (Fsp3) is 0.300. The number of amides is 2. The first-order chi connectivity index (χ1) is 13.2. The predicted octanol–water partition coefficient (Wildman–Crippen LogP) is 3.58. The fourth-order valence-electron chi connectivity index (χ4n) is 2.61. The van der Waals surface area contributed by atoms with Crippen LogP contribution < -0.4 is 10.6 Å². The number of hydrogen-bond donors (Lipinski definition) is 2. The number of carbonyl (C=O) groups is 4. The molecule has 1 heterocycles. The molecule has 28 heavy (non-hydrogen) atoms. The topological polar surface area (TPSA) is 102 Å². The Morgan fingerprint density at radius 3 is 2.29 bits per heavy atom. The SMILES string of the molecule is CCc1sc(C(=O)OCC(=O)c2ccc(NC(C)=O)cc2NC(C)=O)cc1C. The average molecular weight is 402 g/mol. The van der Waals surface area contributed by atoms with Gasteiger partial charge in [0.1, 0.15) is 4.88 Å². The number of Topliss-reactive ketones (excluding diaryl/α,β-unsaturated/α-hetero) is 1. The first kappa shape index (κ1) is 21.3. The molecule has 0 atom stereocenters. The molecule has 0 aliphatic heterocycles. The number of benzene rings is 1. The van der Waals surface area contributed by atoms with Gasteiger partial charge in [-0.3, -0.25) is 14.4 Å².